The topological polar surface area (TPSA) is 66.3 Å². The van der Waals surface area contributed by atoms with Crippen molar-refractivity contribution in [2.24, 2.45) is 0 Å². The maximum atomic E-state index is 8.68. The molecule has 0 saturated heterocycles. The van der Waals surface area contributed by atoms with Crippen LogP contribution in [0, 0.1) is 7.43 Å². The maximum absolute atomic E-state index is 8.68. The highest BCUT2D eigenvalue weighted by molar-refractivity contribution is 3.24. The Balaban J connectivity index is 0. The number of hydrogen-bond donors (Lipinski definition) is 1. The van der Waals surface area contributed by atoms with E-state index < -0.39 is 21.1 Å². The van der Waals surface area contributed by atoms with Crippen LogP contribution < -0.4 is 27.9 Å². The van der Waals surface area contributed by atoms with Crippen molar-refractivity contribution in [2.75, 3.05) is 0 Å². The van der Waals surface area contributed by atoms with Gasteiger partial charge in [-0.2, -0.15) is 0 Å². The standard InChI is InChI=1S/C.HIO3/c;2-1(3)4/h;2H. The highest BCUT2D eigenvalue weighted by Gasteiger charge is 1.89. The highest BCUT2D eigenvalue weighted by atomic mass is 127. The fraction of sp³-hybridized carbons (Fsp3) is 0. The molecule has 0 amide bonds. The first-order valence-corrected chi connectivity index (χ1v) is 3.20. The number of rotatable bonds is 0. The molecular formula is CHIO3. The van der Waals surface area contributed by atoms with Crippen LogP contribution in [-0.4, -0.2) is 3.44 Å². The molecule has 0 aliphatic carbocycles. The maximum Gasteiger partial charge on any atom is 0.503 e. The monoisotopic (exact) mass is 188 g/mol. The van der Waals surface area contributed by atoms with Crippen molar-refractivity contribution in [3.05, 3.63) is 7.43 Å². The molecule has 5 heavy (non-hydrogen) atoms. The summed E-state index contributed by atoms with van der Waals surface area (Å²) in [6.07, 6.45) is 0. The fourth-order valence-corrected chi connectivity index (χ4v) is 0. The number of hydrogen-bond acceptors (Lipinski definition) is 3. The fourth-order valence-electron chi connectivity index (χ4n) is 0. The summed E-state index contributed by atoms with van der Waals surface area (Å²) in [5.74, 6) is 0. The second-order valence-electron chi connectivity index (χ2n) is 0.201. The van der Waals surface area contributed by atoms with Crippen LogP contribution in [0.2, 0.25) is 0 Å². The van der Waals surface area contributed by atoms with Gasteiger partial charge in [0.1, 0.15) is 0 Å². The van der Waals surface area contributed by atoms with Gasteiger partial charge in [-0.3, -0.25) is 0 Å². The summed E-state index contributed by atoms with van der Waals surface area (Å²) in [6, 6.07) is 0. The first-order chi connectivity index (χ1) is 1.73. The van der Waals surface area contributed by atoms with Crippen molar-refractivity contribution in [1.82, 2.24) is 0 Å². The Bertz CT molecular complexity index is 11.6. The summed E-state index contributed by atoms with van der Waals surface area (Å²) in [5, 5.41) is 0. The summed E-state index contributed by atoms with van der Waals surface area (Å²) in [7, 11) is 0. The minimum atomic E-state index is -3.76. The van der Waals surface area contributed by atoms with Gasteiger partial charge in [0.15, 0.2) is 0 Å². The molecule has 3 nitrogen and oxygen atoms in total. The minimum absolute atomic E-state index is 0. The molecule has 30 valence electrons. The molecule has 0 heterocycles. The van der Waals surface area contributed by atoms with Crippen LogP contribution >= 0.6 is 0 Å². The van der Waals surface area contributed by atoms with Crippen molar-refractivity contribution in [2.45, 2.75) is 0 Å². The van der Waals surface area contributed by atoms with E-state index in [4.69, 9.17) is 10.3 Å². The molecule has 0 rings (SSSR count). The van der Waals surface area contributed by atoms with Crippen LogP contribution in [-0.2, 0) is 0 Å². The molecule has 1 N–H and O–H groups in total. The lowest BCUT2D eigenvalue weighted by atomic mass is 12.0. The quantitative estimate of drug-likeness (QED) is 0.385. The molecule has 0 spiro atoms. The summed E-state index contributed by atoms with van der Waals surface area (Å²) in [5.41, 5.74) is 0. The van der Waals surface area contributed by atoms with Gasteiger partial charge in [-0.1, -0.05) is 0 Å². The van der Waals surface area contributed by atoms with Crippen molar-refractivity contribution in [3.63, 3.8) is 0 Å². The van der Waals surface area contributed by atoms with E-state index >= 15 is 0 Å². The van der Waals surface area contributed by atoms with Gasteiger partial charge < -0.3 is 6.87 Å². The predicted molar refractivity (Wildman–Crippen MR) is 5.46 cm³/mol. The summed E-state index contributed by atoms with van der Waals surface area (Å²) < 4.78 is 24.5. The summed E-state index contributed by atoms with van der Waals surface area (Å²) >= 11 is -3.76. The Kier molecular flexibility index (Phi) is 8.43. The van der Waals surface area contributed by atoms with Crippen LogP contribution in [0.15, 0.2) is 0 Å². The zero-order chi connectivity index (χ0) is 3.58. The molecule has 0 saturated carbocycles. The number of halogens is 1. The molecule has 0 aliphatic heterocycles. The average molecular weight is 188 g/mol. The molecule has 0 aromatic carbocycles. The minimum Gasteiger partial charge on any atom is -0.396 e. The molecule has 4 heteroatoms. The zero-order valence-electron chi connectivity index (χ0n) is 2.14. The Morgan fingerprint density at radius 3 is 1.40 bits per heavy atom. The molecular weight excluding hydrogens is 187 g/mol. The van der Waals surface area contributed by atoms with E-state index in [1.165, 1.54) is 0 Å². The zero-order valence-corrected chi connectivity index (χ0v) is 4.30. The van der Waals surface area contributed by atoms with Gasteiger partial charge >= 0.3 is 21.1 Å². The van der Waals surface area contributed by atoms with Gasteiger partial charge in [0.25, 0.3) is 0 Å². The molecule has 4 radical (unpaired) electrons. The van der Waals surface area contributed by atoms with Crippen molar-refractivity contribution in [3.8, 4) is 0 Å². The van der Waals surface area contributed by atoms with Crippen LogP contribution in [0.5, 0.6) is 0 Å². The van der Waals surface area contributed by atoms with E-state index in [2.05, 4.69) is 0 Å². The first kappa shape index (κ1) is 9.15. The highest BCUT2D eigenvalue weighted by Crippen LogP contribution is 0.251. The summed E-state index contributed by atoms with van der Waals surface area (Å²) in [6.45, 7) is 0. The average Bonchev–Trinajstić information content (AvgIpc) is 0.811. The lowest BCUT2D eigenvalue weighted by Gasteiger charge is -1.67. The predicted octanol–water partition coefficient (Wildman–Crippen LogP) is -5.85. The van der Waals surface area contributed by atoms with E-state index in [0.29, 0.717) is 0 Å². The molecule has 0 unspecified atom stereocenters. The third-order valence-corrected chi connectivity index (χ3v) is 0. The lowest BCUT2D eigenvalue weighted by molar-refractivity contribution is -1.63. The van der Waals surface area contributed by atoms with Gasteiger partial charge in [-0.25, -0.2) is 0 Å². The van der Waals surface area contributed by atoms with E-state index in [1.807, 2.05) is 0 Å². The van der Waals surface area contributed by atoms with Gasteiger partial charge in [0.2, 0.25) is 0 Å². The van der Waals surface area contributed by atoms with Crippen LogP contribution in [0.4, 0.5) is 0 Å². The molecule has 0 bridgehead atoms. The van der Waals surface area contributed by atoms with E-state index in [-0.39, 0.29) is 7.43 Å². The normalized spacial score (nSPS) is 7.20. The van der Waals surface area contributed by atoms with Crippen molar-refractivity contribution < 1.29 is 31.4 Å². The molecule has 0 aromatic rings. The Hall–Kier alpha value is 0.610. The Morgan fingerprint density at radius 1 is 1.40 bits per heavy atom. The summed E-state index contributed by atoms with van der Waals surface area (Å²) in [4.78, 5) is 0. The van der Waals surface area contributed by atoms with Crippen LogP contribution in [0.25, 0.3) is 0 Å². The van der Waals surface area contributed by atoms with E-state index in [0.717, 1.165) is 0 Å². The van der Waals surface area contributed by atoms with Gasteiger partial charge in [-0.05, 0) is 3.44 Å². The lowest BCUT2D eigenvalue weighted by Crippen LogP contribution is -3.98. The Labute approximate surface area is 39.3 Å². The van der Waals surface area contributed by atoms with Crippen molar-refractivity contribution >= 4 is 0 Å². The largest absolute Gasteiger partial charge is 0.503 e. The van der Waals surface area contributed by atoms with Crippen LogP contribution in [0.3, 0.4) is 0 Å². The van der Waals surface area contributed by atoms with Crippen LogP contribution in [0.1, 0.15) is 0 Å². The van der Waals surface area contributed by atoms with Gasteiger partial charge in [0, 0.05) is 7.43 Å². The van der Waals surface area contributed by atoms with E-state index in [1.54, 1.807) is 0 Å². The van der Waals surface area contributed by atoms with Gasteiger partial charge in [0.05, 0.1) is 0 Å². The molecule has 0 aliphatic rings. The Morgan fingerprint density at radius 2 is 1.40 bits per heavy atom. The molecule has 0 atom stereocenters. The third-order valence-electron chi connectivity index (χ3n) is 0. The molecule has 0 aromatic heterocycles. The second-order valence-corrected chi connectivity index (χ2v) is 1.35. The second kappa shape index (κ2) is 4.61. The van der Waals surface area contributed by atoms with Gasteiger partial charge in [-0.15, -0.1) is 0 Å². The SMILES string of the molecule is [C].[O-][I+2]([O-])O. The van der Waals surface area contributed by atoms with E-state index in [9.17, 15) is 0 Å². The third kappa shape index (κ3) is 84.4. The molecule has 0 fully saturated rings. The smallest absolute Gasteiger partial charge is 0.396 e. The first-order valence-electron chi connectivity index (χ1n) is 0.478. The van der Waals surface area contributed by atoms with Crippen molar-refractivity contribution in [1.29, 1.82) is 0 Å².